The van der Waals surface area contributed by atoms with Crippen molar-refractivity contribution in [2.75, 3.05) is 27.1 Å². The van der Waals surface area contributed by atoms with E-state index in [1.807, 2.05) is 0 Å². The lowest BCUT2D eigenvalue weighted by Gasteiger charge is -2.28. The van der Waals surface area contributed by atoms with Gasteiger partial charge in [0.15, 0.2) is 0 Å². The highest BCUT2D eigenvalue weighted by molar-refractivity contribution is 5.67. The maximum absolute atomic E-state index is 10.3. The molecule has 0 bridgehead atoms. The summed E-state index contributed by atoms with van der Waals surface area (Å²) in [6.07, 6.45) is 4.41. The predicted molar refractivity (Wildman–Crippen MR) is 57.2 cm³/mol. The van der Waals surface area contributed by atoms with Crippen LogP contribution in [0.4, 0.5) is 0 Å². The van der Waals surface area contributed by atoms with Crippen molar-refractivity contribution in [2.24, 2.45) is 5.92 Å². The van der Waals surface area contributed by atoms with Crippen LogP contribution in [0.5, 0.6) is 0 Å². The quantitative estimate of drug-likeness (QED) is 0.669. The second kappa shape index (κ2) is 7.60. The zero-order valence-electron chi connectivity index (χ0n) is 9.68. The van der Waals surface area contributed by atoms with Gasteiger partial charge in [0, 0.05) is 7.11 Å². The van der Waals surface area contributed by atoms with E-state index in [1.165, 1.54) is 0 Å². The second-order valence-electron chi connectivity index (χ2n) is 4.14. The van der Waals surface area contributed by atoms with Gasteiger partial charge in [0.1, 0.15) is 13.4 Å². The van der Waals surface area contributed by atoms with Gasteiger partial charge in [-0.3, -0.25) is 0 Å². The maximum Gasteiger partial charge on any atom is 0.329 e. The monoisotopic (exact) mass is 232 g/mol. The molecule has 0 radical (unpaired) electrons. The molecule has 0 aliphatic heterocycles. The molecule has 1 aliphatic rings. The van der Waals surface area contributed by atoms with Gasteiger partial charge in [-0.1, -0.05) is 6.42 Å². The first kappa shape index (κ1) is 13.4. The molecule has 1 N–H and O–H groups in total. The molecule has 2 unspecified atom stereocenters. The Morgan fingerprint density at radius 1 is 1.44 bits per heavy atom. The molecule has 1 fully saturated rings. The average Bonchev–Trinajstić information content (AvgIpc) is 2.26. The van der Waals surface area contributed by atoms with Crippen LogP contribution in [0.25, 0.3) is 0 Å². The van der Waals surface area contributed by atoms with Crippen LogP contribution in [-0.2, 0) is 19.0 Å². The molecule has 0 aromatic heterocycles. The number of hydrogen-bond acceptors (Lipinski definition) is 4. The molecule has 1 saturated carbocycles. The lowest BCUT2D eigenvalue weighted by molar-refractivity contribution is -0.143. The molecule has 0 aromatic rings. The van der Waals surface area contributed by atoms with Crippen molar-refractivity contribution in [3.05, 3.63) is 0 Å². The third-order valence-corrected chi connectivity index (χ3v) is 2.74. The van der Waals surface area contributed by atoms with Gasteiger partial charge in [0.2, 0.25) is 0 Å². The molecule has 0 amide bonds. The standard InChI is InChI=1S/C11H20O5/c1-14-8-16-10-4-2-3-9(5-10)6-15-7-11(12)13/h9-10H,2-8H2,1H3,(H,12,13). The number of aliphatic carboxylic acids is 1. The zero-order valence-corrected chi connectivity index (χ0v) is 9.68. The van der Waals surface area contributed by atoms with Gasteiger partial charge in [0.25, 0.3) is 0 Å². The first-order valence-corrected chi connectivity index (χ1v) is 5.62. The van der Waals surface area contributed by atoms with Gasteiger partial charge in [-0.2, -0.15) is 0 Å². The van der Waals surface area contributed by atoms with Gasteiger partial charge < -0.3 is 19.3 Å². The molecular weight excluding hydrogens is 212 g/mol. The zero-order chi connectivity index (χ0) is 11.8. The van der Waals surface area contributed by atoms with E-state index in [-0.39, 0.29) is 12.7 Å². The van der Waals surface area contributed by atoms with Crippen LogP contribution in [0.3, 0.4) is 0 Å². The Kier molecular flexibility index (Phi) is 6.37. The summed E-state index contributed by atoms with van der Waals surface area (Å²) in [6.45, 7) is 0.632. The Hall–Kier alpha value is -0.650. The fraction of sp³-hybridized carbons (Fsp3) is 0.909. The normalized spacial score (nSPS) is 25.6. The number of carboxylic acids is 1. The van der Waals surface area contributed by atoms with E-state index < -0.39 is 5.97 Å². The van der Waals surface area contributed by atoms with Gasteiger partial charge in [-0.25, -0.2) is 4.79 Å². The molecule has 16 heavy (non-hydrogen) atoms. The fourth-order valence-corrected chi connectivity index (χ4v) is 2.02. The van der Waals surface area contributed by atoms with E-state index in [0.717, 1.165) is 25.7 Å². The molecule has 1 rings (SSSR count). The Bertz CT molecular complexity index is 207. The van der Waals surface area contributed by atoms with Gasteiger partial charge in [0.05, 0.1) is 12.7 Å². The van der Waals surface area contributed by atoms with E-state index in [4.69, 9.17) is 19.3 Å². The number of methoxy groups -OCH3 is 1. The SMILES string of the molecule is COCOC1CCCC(COCC(=O)O)C1. The predicted octanol–water partition coefficient (Wildman–Crippen LogP) is 1.27. The minimum Gasteiger partial charge on any atom is -0.480 e. The van der Waals surface area contributed by atoms with Gasteiger partial charge in [-0.15, -0.1) is 0 Å². The number of hydrogen-bond donors (Lipinski definition) is 1. The van der Waals surface area contributed by atoms with Crippen molar-refractivity contribution >= 4 is 5.97 Å². The highest BCUT2D eigenvalue weighted by Gasteiger charge is 2.22. The van der Waals surface area contributed by atoms with Crippen molar-refractivity contribution in [3.63, 3.8) is 0 Å². The van der Waals surface area contributed by atoms with Crippen molar-refractivity contribution in [1.82, 2.24) is 0 Å². The van der Waals surface area contributed by atoms with Gasteiger partial charge in [-0.05, 0) is 25.2 Å². The molecule has 5 heteroatoms. The summed E-state index contributed by atoms with van der Waals surface area (Å²) in [5.41, 5.74) is 0. The van der Waals surface area contributed by atoms with Crippen LogP contribution >= 0.6 is 0 Å². The fourth-order valence-electron chi connectivity index (χ4n) is 2.02. The van der Waals surface area contributed by atoms with E-state index in [2.05, 4.69) is 0 Å². The second-order valence-corrected chi connectivity index (χ2v) is 4.14. The third-order valence-electron chi connectivity index (χ3n) is 2.74. The Balaban J connectivity index is 2.14. The van der Waals surface area contributed by atoms with Crippen LogP contribution < -0.4 is 0 Å². The summed E-state index contributed by atoms with van der Waals surface area (Å²) < 4.78 is 15.5. The third kappa shape index (κ3) is 5.44. The molecule has 2 atom stereocenters. The van der Waals surface area contributed by atoms with Crippen molar-refractivity contribution in [1.29, 1.82) is 0 Å². The molecule has 0 spiro atoms. The summed E-state index contributed by atoms with van der Waals surface area (Å²) >= 11 is 0. The van der Waals surface area contributed by atoms with Gasteiger partial charge >= 0.3 is 5.97 Å². The van der Waals surface area contributed by atoms with Crippen LogP contribution in [-0.4, -0.2) is 44.3 Å². The van der Waals surface area contributed by atoms with E-state index in [9.17, 15) is 4.79 Å². The molecule has 0 saturated heterocycles. The van der Waals surface area contributed by atoms with E-state index in [0.29, 0.717) is 19.3 Å². The first-order valence-electron chi connectivity index (χ1n) is 5.62. The Morgan fingerprint density at radius 2 is 2.25 bits per heavy atom. The minimum atomic E-state index is -0.914. The van der Waals surface area contributed by atoms with Crippen LogP contribution in [0, 0.1) is 5.92 Å². The van der Waals surface area contributed by atoms with Crippen LogP contribution in [0.1, 0.15) is 25.7 Å². The molecule has 0 aromatic carbocycles. The highest BCUT2D eigenvalue weighted by atomic mass is 16.7. The lowest BCUT2D eigenvalue weighted by atomic mass is 9.88. The number of ether oxygens (including phenoxy) is 3. The van der Waals surface area contributed by atoms with E-state index >= 15 is 0 Å². The van der Waals surface area contributed by atoms with Crippen LogP contribution in [0.2, 0.25) is 0 Å². The summed E-state index contributed by atoms with van der Waals surface area (Å²) in [4.78, 5) is 10.3. The van der Waals surface area contributed by atoms with E-state index in [1.54, 1.807) is 7.11 Å². The van der Waals surface area contributed by atoms with Crippen molar-refractivity contribution < 1.29 is 24.1 Å². The van der Waals surface area contributed by atoms with Crippen molar-refractivity contribution in [2.45, 2.75) is 31.8 Å². The smallest absolute Gasteiger partial charge is 0.329 e. The first-order chi connectivity index (χ1) is 7.72. The Morgan fingerprint density at radius 3 is 2.94 bits per heavy atom. The summed E-state index contributed by atoms with van der Waals surface area (Å²) in [6, 6.07) is 0. The maximum atomic E-state index is 10.3. The number of carboxylic acid groups (broad SMARTS) is 1. The average molecular weight is 232 g/mol. The van der Waals surface area contributed by atoms with Crippen LogP contribution in [0.15, 0.2) is 0 Å². The minimum absolute atomic E-state index is 0.208. The molecule has 1 aliphatic carbocycles. The lowest BCUT2D eigenvalue weighted by Crippen LogP contribution is -2.27. The summed E-state index contributed by atoms with van der Waals surface area (Å²) in [5, 5.41) is 8.44. The molecule has 5 nitrogen and oxygen atoms in total. The number of rotatable bonds is 7. The summed E-state index contributed by atoms with van der Waals surface area (Å²) in [7, 11) is 1.61. The highest BCUT2D eigenvalue weighted by Crippen LogP contribution is 2.26. The number of carbonyl (C=O) groups is 1. The molecule has 0 heterocycles. The van der Waals surface area contributed by atoms with Crippen molar-refractivity contribution in [3.8, 4) is 0 Å². The molecular formula is C11H20O5. The largest absolute Gasteiger partial charge is 0.480 e. The summed E-state index contributed by atoms with van der Waals surface area (Å²) in [5.74, 6) is -0.502. The molecule has 94 valence electrons. The Labute approximate surface area is 95.7 Å². The topological polar surface area (TPSA) is 65.0 Å².